The van der Waals surface area contributed by atoms with E-state index in [9.17, 15) is 4.79 Å². The van der Waals surface area contributed by atoms with Crippen LogP contribution in [-0.2, 0) is 4.74 Å². The van der Waals surface area contributed by atoms with E-state index in [2.05, 4.69) is 19.0 Å². The minimum absolute atomic E-state index is 0.00366. The maximum absolute atomic E-state index is 12.4. The first-order chi connectivity index (χ1) is 9.65. The van der Waals surface area contributed by atoms with Crippen molar-refractivity contribution in [2.75, 3.05) is 40.3 Å². The lowest BCUT2D eigenvalue weighted by atomic mass is 9.84. The molecule has 1 aromatic heterocycles. The molecule has 20 heavy (non-hydrogen) atoms. The van der Waals surface area contributed by atoms with Crippen molar-refractivity contribution in [3.63, 3.8) is 0 Å². The fourth-order valence-electron chi connectivity index (χ4n) is 3.32. The molecule has 3 atom stereocenters. The summed E-state index contributed by atoms with van der Waals surface area (Å²) >= 11 is 0. The molecule has 2 fully saturated rings. The maximum Gasteiger partial charge on any atom is 0.289 e. The highest BCUT2D eigenvalue weighted by molar-refractivity contribution is 5.91. The molecule has 0 aromatic carbocycles. The Balaban J connectivity index is 1.67. The van der Waals surface area contributed by atoms with Crippen LogP contribution in [0.4, 0.5) is 0 Å². The largest absolute Gasteiger partial charge is 0.459 e. The molecule has 2 saturated heterocycles. The van der Waals surface area contributed by atoms with Gasteiger partial charge in [0.2, 0.25) is 0 Å². The molecule has 0 bridgehead atoms. The molecule has 1 amide bonds. The van der Waals surface area contributed by atoms with Crippen molar-refractivity contribution in [3.8, 4) is 0 Å². The topological polar surface area (TPSA) is 45.9 Å². The van der Waals surface area contributed by atoms with Crippen LogP contribution < -0.4 is 0 Å². The summed E-state index contributed by atoms with van der Waals surface area (Å²) in [4.78, 5) is 16.4. The highest BCUT2D eigenvalue weighted by atomic mass is 16.5. The molecule has 3 heterocycles. The van der Waals surface area contributed by atoms with Crippen molar-refractivity contribution in [2.24, 2.45) is 11.8 Å². The van der Waals surface area contributed by atoms with Gasteiger partial charge in [-0.2, -0.15) is 0 Å². The van der Waals surface area contributed by atoms with Gasteiger partial charge >= 0.3 is 0 Å². The zero-order valence-electron chi connectivity index (χ0n) is 12.1. The quantitative estimate of drug-likeness (QED) is 0.836. The Labute approximate surface area is 119 Å². The Morgan fingerprint density at radius 3 is 3.05 bits per heavy atom. The number of carbonyl (C=O) groups excluding carboxylic acids is 1. The summed E-state index contributed by atoms with van der Waals surface area (Å²) in [6, 6.07) is 3.49. The van der Waals surface area contributed by atoms with Crippen LogP contribution in [-0.4, -0.2) is 62.1 Å². The van der Waals surface area contributed by atoms with Gasteiger partial charge in [-0.15, -0.1) is 0 Å². The van der Waals surface area contributed by atoms with Crippen LogP contribution in [0.3, 0.4) is 0 Å². The normalized spacial score (nSPS) is 29.8. The lowest BCUT2D eigenvalue weighted by molar-refractivity contribution is 0.0453. The molecule has 0 saturated carbocycles. The van der Waals surface area contributed by atoms with Gasteiger partial charge < -0.3 is 19.0 Å². The number of hydrogen-bond donors (Lipinski definition) is 0. The number of fused-ring (bicyclic) bond motifs is 1. The maximum atomic E-state index is 12.4. The van der Waals surface area contributed by atoms with Crippen LogP contribution >= 0.6 is 0 Å². The van der Waals surface area contributed by atoms with Crippen molar-refractivity contribution < 1.29 is 13.9 Å². The Morgan fingerprint density at radius 1 is 1.50 bits per heavy atom. The molecule has 2 aliphatic heterocycles. The van der Waals surface area contributed by atoms with E-state index < -0.39 is 0 Å². The first-order valence-electron chi connectivity index (χ1n) is 7.24. The molecule has 5 heteroatoms. The zero-order chi connectivity index (χ0) is 14.1. The number of furan rings is 1. The van der Waals surface area contributed by atoms with Gasteiger partial charge in [-0.05, 0) is 38.6 Å². The summed E-state index contributed by atoms with van der Waals surface area (Å²) in [5, 5.41) is 0. The smallest absolute Gasteiger partial charge is 0.289 e. The Morgan fingerprint density at radius 2 is 2.35 bits per heavy atom. The van der Waals surface area contributed by atoms with Crippen LogP contribution in [0.5, 0.6) is 0 Å². The van der Waals surface area contributed by atoms with Crippen molar-refractivity contribution in [1.29, 1.82) is 0 Å². The van der Waals surface area contributed by atoms with E-state index in [1.54, 1.807) is 18.4 Å². The number of rotatable bonds is 3. The van der Waals surface area contributed by atoms with Crippen LogP contribution in [0.15, 0.2) is 22.8 Å². The van der Waals surface area contributed by atoms with Crippen LogP contribution in [0.25, 0.3) is 0 Å². The van der Waals surface area contributed by atoms with Crippen molar-refractivity contribution >= 4 is 5.91 Å². The fraction of sp³-hybridized carbons (Fsp3) is 0.667. The SMILES string of the molecule is CN(C)C[C@@H]1OC[C@H]2CCN(C(=O)c3ccco3)C[C@H]21. The van der Waals surface area contributed by atoms with Gasteiger partial charge in [0.15, 0.2) is 5.76 Å². The summed E-state index contributed by atoms with van der Waals surface area (Å²) in [6.07, 6.45) is 2.82. The van der Waals surface area contributed by atoms with Gasteiger partial charge in [0.25, 0.3) is 5.91 Å². The second-order valence-electron chi connectivity index (χ2n) is 6.08. The molecule has 0 unspecified atom stereocenters. The van der Waals surface area contributed by atoms with E-state index in [0.717, 1.165) is 32.7 Å². The number of likely N-dealkylation sites (tertiary alicyclic amines) is 1. The summed E-state index contributed by atoms with van der Waals surface area (Å²) in [7, 11) is 4.12. The van der Waals surface area contributed by atoms with Crippen LogP contribution in [0.1, 0.15) is 17.0 Å². The summed E-state index contributed by atoms with van der Waals surface area (Å²) in [6.45, 7) is 3.34. The monoisotopic (exact) mass is 278 g/mol. The molecule has 0 N–H and O–H groups in total. The molecular weight excluding hydrogens is 256 g/mol. The Bertz CT molecular complexity index is 458. The second kappa shape index (κ2) is 5.58. The molecule has 1 aromatic rings. The van der Waals surface area contributed by atoms with Gasteiger partial charge in [0, 0.05) is 25.6 Å². The number of piperidine rings is 1. The average molecular weight is 278 g/mol. The van der Waals surface area contributed by atoms with Gasteiger partial charge in [0.1, 0.15) is 0 Å². The Hall–Kier alpha value is -1.33. The number of ether oxygens (including phenoxy) is 1. The lowest BCUT2D eigenvalue weighted by Crippen LogP contribution is -2.46. The third kappa shape index (κ3) is 2.60. The Kier molecular flexibility index (Phi) is 3.81. The number of nitrogens with zero attached hydrogens (tertiary/aromatic N) is 2. The zero-order valence-corrected chi connectivity index (χ0v) is 12.1. The number of amides is 1. The average Bonchev–Trinajstić information content (AvgIpc) is 3.07. The number of hydrogen-bond acceptors (Lipinski definition) is 4. The molecular formula is C15H22N2O3. The van der Waals surface area contributed by atoms with Crippen LogP contribution in [0.2, 0.25) is 0 Å². The third-order valence-electron chi connectivity index (χ3n) is 4.37. The number of carbonyl (C=O) groups is 1. The highest BCUT2D eigenvalue weighted by Gasteiger charge is 2.42. The minimum Gasteiger partial charge on any atom is -0.459 e. The second-order valence-corrected chi connectivity index (χ2v) is 6.08. The van der Waals surface area contributed by atoms with Gasteiger partial charge in [-0.1, -0.05) is 0 Å². The highest BCUT2D eigenvalue weighted by Crippen LogP contribution is 2.34. The third-order valence-corrected chi connectivity index (χ3v) is 4.37. The predicted octanol–water partition coefficient (Wildman–Crippen LogP) is 1.32. The standard InChI is InChI=1S/C15H22N2O3/c1-16(2)9-14-12-8-17(6-5-11(12)10-20-14)15(18)13-4-3-7-19-13/h3-4,7,11-12,14H,5-6,8-10H2,1-2H3/t11-,12-,14+/m1/s1. The van der Waals surface area contributed by atoms with Gasteiger partial charge in [0.05, 0.1) is 19.0 Å². The van der Waals surface area contributed by atoms with E-state index in [-0.39, 0.29) is 12.0 Å². The van der Waals surface area contributed by atoms with E-state index >= 15 is 0 Å². The van der Waals surface area contributed by atoms with Crippen molar-refractivity contribution in [2.45, 2.75) is 12.5 Å². The lowest BCUT2D eigenvalue weighted by Gasteiger charge is -2.36. The number of likely N-dealkylation sites (N-methyl/N-ethyl adjacent to an activating group) is 1. The molecule has 0 spiro atoms. The molecule has 3 rings (SSSR count). The molecule has 0 radical (unpaired) electrons. The van der Waals surface area contributed by atoms with Crippen LogP contribution in [0, 0.1) is 11.8 Å². The molecule has 2 aliphatic rings. The fourth-order valence-corrected chi connectivity index (χ4v) is 3.32. The molecule has 0 aliphatic carbocycles. The molecule has 110 valence electrons. The van der Waals surface area contributed by atoms with Gasteiger partial charge in [-0.25, -0.2) is 0 Å². The molecule has 5 nitrogen and oxygen atoms in total. The summed E-state index contributed by atoms with van der Waals surface area (Å²) in [5.74, 6) is 1.49. The van der Waals surface area contributed by atoms with E-state index in [1.807, 2.05) is 4.90 Å². The first-order valence-corrected chi connectivity index (χ1v) is 7.24. The van der Waals surface area contributed by atoms with Crippen molar-refractivity contribution in [3.05, 3.63) is 24.2 Å². The van der Waals surface area contributed by atoms with E-state index in [0.29, 0.717) is 17.6 Å². The summed E-state index contributed by atoms with van der Waals surface area (Å²) in [5.41, 5.74) is 0. The first kappa shape index (κ1) is 13.6. The summed E-state index contributed by atoms with van der Waals surface area (Å²) < 4.78 is 11.1. The van der Waals surface area contributed by atoms with E-state index in [1.165, 1.54) is 0 Å². The van der Waals surface area contributed by atoms with E-state index in [4.69, 9.17) is 9.15 Å². The predicted molar refractivity (Wildman–Crippen MR) is 74.5 cm³/mol. The van der Waals surface area contributed by atoms with Crippen molar-refractivity contribution in [1.82, 2.24) is 9.80 Å². The van der Waals surface area contributed by atoms with Gasteiger partial charge in [-0.3, -0.25) is 4.79 Å². The minimum atomic E-state index is 0.00366.